The molecule has 7 nitrogen and oxygen atoms in total. The third-order valence-electron chi connectivity index (χ3n) is 7.54. The Labute approximate surface area is 224 Å². The van der Waals surface area contributed by atoms with Crippen LogP contribution in [0.15, 0.2) is 48.5 Å². The van der Waals surface area contributed by atoms with Crippen LogP contribution in [-0.4, -0.2) is 66.2 Å². The lowest BCUT2D eigenvalue weighted by Gasteiger charge is -2.40. The molecule has 2 atom stereocenters. The van der Waals surface area contributed by atoms with Crippen LogP contribution in [0.2, 0.25) is 0 Å². The van der Waals surface area contributed by atoms with Crippen molar-refractivity contribution in [1.29, 1.82) is 0 Å². The number of nitrogens with zero attached hydrogens (tertiary/aromatic N) is 1. The summed E-state index contributed by atoms with van der Waals surface area (Å²) in [5.41, 5.74) is -1.63. The first-order valence-electron chi connectivity index (χ1n) is 13.1. The molecule has 4 rings (SSSR count). The van der Waals surface area contributed by atoms with Crippen LogP contribution in [0.4, 0.5) is 17.6 Å². The lowest BCUT2D eigenvalue weighted by atomic mass is 9.77. The van der Waals surface area contributed by atoms with Gasteiger partial charge in [0.2, 0.25) is 5.91 Å². The topological polar surface area (TPSA) is 90.9 Å². The van der Waals surface area contributed by atoms with Gasteiger partial charge in [-0.05, 0) is 68.5 Å². The summed E-state index contributed by atoms with van der Waals surface area (Å²) in [6.07, 6.45) is -2.50. The number of ether oxygens (including phenoxy) is 1. The van der Waals surface area contributed by atoms with E-state index in [0.717, 1.165) is 18.2 Å². The molecule has 212 valence electrons. The number of aliphatic hydroxyl groups is 1. The van der Waals surface area contributed by atoms with Gasteiger partial charge in [0.15, 0.2) is 0 Å². The fraction of sp³-hybridized carbons (Fsp3) is 0.500. The maximum absolute atomic E-state index is 13.7. The number of hydrogen-bond donors (Lipinski definition) is 3. The molecule has 1 saturated carbocycles. The van der Waals surface area contributed by atoms with Crippen molar-refractivity contribution in [3.63, 3.8) is 0 Å². The summed E-state index contributed by atoms with van der Waals surface area (Å²) in [7, 11) is 0. The molecule has 1 aliphatic carbocycles. The molecular formula is C28H33F4N3O4. The highest BCUT2D eigenvalue weighted by molar-refractivity contribution is 5.96. The second-order valence-electron chi connectivity index (χ2n) is 10.2. The molecule has 0 spiro atoms. The van der Waals surface area contributed by atoms with Crippen molar-refractivity contribution >= 4 is 11.8 Å². The molecule has 3 N–H and O–H groups in total. The summed E-state index contributed by atoms with van der Waals surface area (Å²) in [6.45, 7) is 3.01. The van der Waals surface area contributed by atoms with Gasteiger partial charge in [-0.1, -0.05) is 18.2 Å². The van der Waals surface area contributed by atoms with Crippen molar-refractivity contribution < 1.29 is 37.0 Å². The smallest absolute Gasteiger partial charge is 0.385 e. The molecule has 2 unspecified atom stereocenters. The zero-order valence-electron chi connectivity index (χ0n) is 21.6. The molecule has 11 heteroatoms. The fourth-order valence-corrected chi connectivity index (χ4v) is 5.49. The van der Waals surface area contributed by atoms with E-state index in [9.17, 15) is 32.3 Å². The Balaban J connectivity index is 1.30. The Hall–Kier alpha value is -3.02. The summed E-state index contributed by atoms with van der Waals surface area (Å²) in [5.74, 6) is -1.64. The number of nitrogens with one attached hydrogen (secondary N) is 2. The molecule has 0 aromatic heterocycles. The van der Waals surface area contributed by atoms with Crippen LogP contribution < -0.4 is 10.6 Å². The van der Waals surface area contributed by atoms with E-state index >= 15 is 0 Å². The molecular weight excluding hydrogens is 518 g/mol. The molecule has 1 aliphatic heterocycles. The number of halogens is 4. The summed E-state index contributed by atoms with van der Waals surface area (Å²) < 4.78 is 58.3. The van der Waals surface area contributed by atoms with Crippen molar-refractivity contribution in [3.05, 3.63) is 71.0 Å². The SMILES string of the molecule is CCOC1CN(C2CCC(O)(c3cccc(F)c3)CC2)CC1NC(=O)CNC(=O)c1cccc(C(F)(F)F)c1. The van der Waals surface area contributed by atoms with Crippen LogP contribution in [-0.2, 0) is 21.3 Å². The maximum atomic E-state index is 13.7. The van der Waals surface area contributed by atoms with E-state index in [-0.39, 0.29) is 29.6 Å². The maximum Gasteiger partial charge on any atom is 0.416 e. The molecule has 1 saturated heterocycles. The Morgan fingerprint density at radius 3 is 2.49 bits per heavy atom. The summed E-state index contributed by atoms with van der Waals surface area (Å²) in [5, 5.41) is 16.4. The van der Waals surface area contributed by atoms with Gasteiger partial charge in [0.25, 0.3) is 5.91 Å². The average molecular weight is 552 g/mol. The number of rotatable bonds is 8. The average Bonchev–Trinajstić information content (AvgIpc) is 3.29. The number of benzene rings is 2. The molecule has 39 heavy (non-hydrogen) atoms. The van der Waals surface area contributed by atoms with E-state index < -0.39 is 35.7 Å². The largest absolute Gasteiger partial charge is 0.416 e. The predicted molar refractivity (Wildman–Crippen MR) is 135 cm³/mol. The van der Waals surface area contributed by atoms with Gasteiger partial charge in [-0.25, -0.2) is 4.39 Å². The van der Waals surface area contributed by atoms with Crippen molar-refractivity contribution in [3.8, 4) is 0 Å². The Kier molecular flexibility index (Phi) is 8.93. The van der Waals surface area contributed by atoms with Crippen LogP contribution in [0, 0.1) is 5.82 Å². The van der Waals surface area contributed by atoms with Gasteiger partial charge >= 0.3 is 6.18 Å². The first kappa shape index (κ1) is 29.0. The quantitative estimate of drug-likeness (QED) is 0.437. The molecule has 2 fully saturated rings. The zero-order valence-corrected chi connectivity index (χ0v) is 21.6. The lowest BCUT2D eigenvalue weighted by molar-refractivity contribution is -0.137. The van der Waals surface area contributed by atoms with Crippen LogP contribution >= 0.6 is 0 Å². The number of likely N-dealkylation sites (tertiary alicyclic amines) is 1. The van der Waals surface area contributed by atoms with Crippen molar-refractivity contribution in [2.24, 2.45) is 0 Å². The highest BCUT2D eigenvalue weighted by atomic mass is 19.4. The Morgan fingerprint density at radius 2 is 1.82 bits per heavy atom. The first-order chi connectivity index (χ1) is 18.5. The molecule has 2 aromatic carbocycles. The Bertz CT molecular complexity index is 1170. The van der Waals surface area contributed by atoms with Gasteiger partial charge < -0.3 is 20.5 Å². The molecule has 2 aliphatic rings. The molecule has 0 radical (unpaired) electrons. The van der Waals surface area contributed by atoms with E-state index in [1.165, 1.54) is 18.2 Å². The van der Waals surface area contributed by atoms with Gasteiger partial charge in [0, 0.05) is 31.3 Å². The van der Waals surface area contributed by atoms with E-state index in [1.54, 1.807) is 12.1 Å². The van der Waals surface area contributed by atoms with E-state index in [2.05, 4.69) is 15.5 Å². The fourth-order valence-electron chi connectivity index (χ4n) is 5.49. The van der Waals surface area contributed by atoms with Crippen LogP contribution in [0.25, 0.3) is 0 Å². The minimum atomic E-state index is -4.58. The second-order valence-corrected chi connectivity index (χ2v) is 10.2. The number of carbonyl (C=O) groups is 2. The van der Waals surface area contributed by atoms with Crippen molar-refractivity contribution in [1.82, 2.24) is 15.5 Å². The molecule has 2 aromatic rings. The summed E-state index contributed by atoms with van der Waals surface area (Å²) in [6, 6.07) is 9.88. The highest BCUT2D eigenvalue weighted by Crippen LogP contribution is 2.39. The van der Waals surface area contributed by atoms with E-state index in [4.69, 9.17) is 4.74 Å². The number of alkyl halides is 3. The van der Waals surface area contributed by atoms with Crippen molar-refractivity contribution in [2.75, 3.05) is 26.2 Å². The van der Waals surface area contributed by atoms with Crippen LogP contribution in [0.5, 0.6) is 0 Å². The van der Waals surface area contributed by atoms with Gasteiger partial charge in [0.1, 0.15) is 5.82 Å². The van der Waals surface area contributed by atoms with Gasteiger partial charge in [-0.15, -0.1) is 0 Å². The first-order valence-corrected chi connectivity index (χ1v) is 13.1. The number of hydrogen-bond acceptors (Lipinski definition) is 5. The van der Waals surface area contributed by atoms with Gasteiger partial charge in [-0.3, -0.25) is 14.5 Å². The monoisotopic (exact) mass is 551 g/mol. The van der Waals surface area contributed by atoms with Crippen LogP contribution in [0.1, 0.15) is 54.1 Å². The number of carbonyl (C=O) groups excluding carboxylic acids is 2. The van der Waals surface area contributed by atoms with Gasteiger partial charge in [-0.2, -0.15) is 13.2 Å². The highest BCUT2D eigenvalue weighted by Gasteiger charge is 2.42. The van der Waals surface area contributed by atoms with Crippen molar-refractivity contribution in [2.45, 2.75) is 62.6 Å². The minimum absolute atomic E-state index is 0.157. The normalized spacial score (nSPS) is 25.8. The molecule has 2 amide bonds. The predicted octanol–water partition coefficient (Wildman–Crippen LogP) is 3.61. The minimum Gasteiger partial charge on any atom is -0.385 e. The molecule has 0 bridgehead atoms. The third-order valence-corrected chi connectivity index (χ3v) is 7.54. The second kappa shape index (κ2) is 12.0. The lowest BCUT2D eigenvalue weighted by Crippen LogP contribution is -2.48. The summed E-state index contributed by atoms with van der Waals surface area (Å²) in [4.78, 5) is 27.2. The van der Waals surface area contributed by atoms with E-state index in [0.29, 0.717) is 50.9 Å². The van der Waals surface area contributed by atoms with Gasteiger partial charge in [0.05, 0.1) is 29.9 Å². The summed E-state index contributed by atoms with van der Waals surface area (Å²) >= 11 is 0. The standard InChI is InChI=1S/C28H33F4N3O4/c1-2-39-24-17-35(22-9-11-27(38,12-10-22)19-6-4-8-21(29)14-19)16-23(24)34-25(36)15-33-26(37)18-5-3-7-20(13-18)28(30,31)32/h3-8,13-14,22-24,38H,2,9-12,15-17H2,1H3,(H,33,37)(H,34,36). The van der Waals surface area contributed by atoms with Crippen LogP contribution in [0.3, 0.4) is 0 Å². The molecule has 1 heterocycles. The zero-order chi connectivity index (χ0) is 28.2. The third kappa shape index (κ3) is 7.14. The number of amides is 2. The van der Waals surface area contributed by atoms with E-state index in [1.807, 2.05) is 6.92 Å². The Morgan fingerprint density at radius 1 is 1.10 bits per heavy atom.